The first-order valence-electron chi connectivity index (χ1n) is 10.4. The number of hydrogen-bond acceptors (Lipinski definition) is 4. The summed E-state index contributed by atoms with van der Waals surface area (Å²) in [6, 6.07) is 21.1. The van der Waals surface area contributed by atoms with Gasteiger partial charge in [-0.05, 0) is 31.2 Å². The van der Waals surface area contributed by atoms with E-state index in [2.05, 4.69) is 26.2 Å². The lowest BCUT2D eigenvalue weighted by molar-refractivity contribution is -0.115. The Morgan fingerprint density at radius 3 is 2.45 bits per heavy atom. The molecule has 166 valence electrons. The van der Waals surface area contributed by atoms with Gasteiger partial charge in [0.2, 0.25) is 0 Å². The number of carbonyl (C=O) groups is 1. The minimum Gasteiger partial charge on any atom is -0.342 e. The predicted molar refractivity (Wildman–Crippen MR) is 132 cm³/mol. The maximum absolute atomic E-state index is 13.5. The van der Waals surface area contributed by atoms with Gasteiger partial charge >= 0.3 is 0 Å². The van der Waals surface area contributed by atoms with Crippen molar-refractivity contribution in [2.24, 2.45) is 4.99 Å². The van der Waals surface area contributed by atoms with E-state index in [4.69, 9.17) is 0 Å². The van der Waals surface area contributed by atoms with Crippen LogP contribution in [0.4, 0.5) is 0 Å². The number of amides is 1. The number of hydrogen-bond donors (Lipinski definition) is 1. The second-order valence-corrected chi connectivity index (χ2v) is 10.7. The lowest BCUT2D eigenvalue weighted by Crippen LogP contribution is -2.40. The van der Waals surface area contributed by atoms with Gasteiger partial charge < -0.3 is 5.32 Å². The van der Waals surface area contributed by atoms with Crippen LogP contribution in [-0.2, 0) is 14.8 Å². The van der Waals surface area contributed by atoms with Gasteiger partial charge in [0, 0.05) is 27.2 Å². The molecule has 0 bridgehead atoms. The average molecular weight is 522 g/mol. The number of halogens is 1. The van der Waals surface area contributed by atoms with Gasteiger partial charge in [-0.25, -0.2) is 12.4 Å². The summed E-state index contributed by atoms with van der Waals surface area (Å²) in [4.78, 5) is 17.6. The molecule has 1 unspecified atom stereocenters. The lowest BCUT2D eigenvalue weighted by Gasteiger charge is -2.22. The number of aryl methyl sites for hydroxylation is 1. The Bertz CT molecular complexity index is 1510. The smallest absolute Gasteiger partial charge is 0.270 e. The van der Waals surface area contributed by atoms with Gasteiger partial charge in [-0.3, -0.25) is 9.79 Å². The quantitative estimate of drug-likeness (QED) is 0.425. The van der Waals surface area contributed by atoms with Crippen molar-refractivity contribution in [1.82, 2.24) is 9.29 Å². The summed E-state index contributed by atoms with van der Waals surface area (Å²) in [7, 11) is -3.84. The lowest BCUT2D eigenvalue weighted by atomic mass is 10.0. The van der Waals surface area contributed by atoms with E-state index in [1.165, 1.54) is 3.97 Å². The number of aromatic nitrogens is 1. The summed E-state index contributed by atoms with van der Waals surface area (Å²) < 4.78 is 29.0. The van der Waals surface area contributed by atoms with E-state index in [0.29, 0.717) is 23.3 Å². The Hall–Kier alpha value is -3.23. The van der Waals surface area contributed by atoms with E-state index < -0.39 is 16.1 Å². The minimum atomic E-state index is -3.84. The standard InChI is InChI=1S/C25H20BrN3O3S/c1-16-7-10-19(11-8-16)33(31,32)29-15-21(20-12-9-18(26)13-23(20)29)22-14-27-24(25(30)28-22)17-5-3-2-4-6-17/h2-13,15,22H,14H2,1H3,(H,28,30). The highest BCUT2D eigenvalue weighted by Crippen LogP contribution is 2.33. The Kier molecular flexibility index (Phi) is 5.42. The van der Waals surface area contributed by atoms with Crippen molar-refractivity contribution in [3.8, 4) is 0 Å². The number of nitrogens with one attached hydrogen (secondary N) is 1. The average Bonchev–Trinajstić information content (AvgIpc) is 3.19. The maximum atomic E-state index is 13.5. The molecule has 0 saturated heterocycles. The normalized spacial score (nSPS) is 16.5. The van der Waals surface area contributed by atoms with Crippen LogP contribution in [0.3, 0.4) is 0 Å². The van der Waals surface area contributed by atoms with Crippen LogP contribution in [0.2, 0.25) is 0 Å². The Labute approximate surface area is 200 Å². The fourth-order valence-corrected chi connectivity index (χ4v) is 5.74. The molecule has 0 aliphatic carbocycles. The van der Waals surface area contributed by atoms with E-state index in [1.807, 2.05) is 49.4 Å². The minimum absolute atomic E-state index is 0.202. The highest BCUT2D eigenvalue weighted by atomic mass is 79.9. The zero-order chi connectivity index (χ0) is 23.2. The molecule has 6 nitrogen and oxygen atoms in total. The Balaban J connectivity index is 1.60. The van der Waals surface area contributed by atoms with Crippen LogP contribution in [0.1, 0.15) is 22.7 Å². The van der Waals surface area contributed by atoms with Crippen molar-refractivity contribution < 1.29 is 13.2 Å². The Morgan fingerprint density at radius 1 is 1.03 bits per heavy atom. The molecule has 0 fully saturated rings. The topological polar surface area (TPSA) is 80.5 Å². The SMILES string of the molecule is Cc1ccc(S(=O)(=O)n2cc(C3CN=C(c4ccccc4)C(=O)N3)c3ccc(Br)cc32)cc1. The fraction of sp³-hybridized carbons (Fsp3) is 0.120. The molecule has 1 N–H and O–H groups in total. The van der Waals surface area contributed by atoms with Gasteiger partial charge in [0.1, 0.15) is 5.71 Å². The van der Waals surface area contributed by atoms with Gasteiger partial charge in [0.05, 0.1) is 23.0 Å². The second kappa shape index (κ2) is 8.28. The number of fused-ring (bicyclic) bond motifs is 1. The number of nitrogens with zero attached hydrogens (tertiary/aromatic N) is 2. The van der Waals surface area contributed by atoms with Crippen molar-refractivity contribution in [2.45, 2.75) is 17.9 Å². The van der Waals surface area contributed by atoms with E-state index in [-0.39, 0.29) is 10.8 Å². The van der Waals surface area contributed by atoms with Gasteiger partial charge in [-0.1, -0.05) is 70.0 Å². The van der Waals surface area contributed by atoms with Crippen molar-refractivity contribution in [3.63, 3.8) is 0 Å². The molecule has 3 aromatic carbocycles. The molecule has 33 heavy (non-hydrogen) atoms. The summed E-state index contributed by atoms with van der Waals surface area (Å²) in [5.74, 6) is -0.281. The predicted octanol–water partition coefficient (Wildman–Crippen LogP) is 4.61. The molecule has 1 aliphatic heterocycles. The summed E-state index contributed by atoms with van der Waals surface area (Å²) >= 11 is 3.45. The van der Waals surface area contributed by atoms with Crippen LogP contribution in [0.5, 0.6) is 0 Å². The van der Waals surface area contributed by atoms with Crippen LogP contribution in [0, 0.1) is 6.92 Å². The van der Waals surface area contributed by atoms with Gasteiger partial charge in [-0.15, -0.1) is 0 Å². The van der Waals surface area contributed by atoms with Crippen molar-refractivity contribution in [3.05, 3.63) is 100 Å². The highest BCUT2D eigenvalue weighted by molar-refractivity contribution is 9.10. The highest BCUT2D eigenvalue weighted by Gasteiger charge is 2.29. The molecule has 1 atom stereocenters. The molecule has 2 heterocycles. The van der Waals surface area contributed by atoms with Crippen molar-refractivity contribution >= 4 is 48.5 Å². The van der Waals surface area contributed by atoms with Crippen LogP contribution in [0.25, 0.3) is 10.9 Å². The monoisotopic (exact) mass is 521 g/mol. The van der Waals surface area contributed by atoms with Crippen LogP contribution >= 0.6 is 15.9 Å². The van der Waals surface area contributed by atoms with Crippen molar-refractivity contribution in [1.29, 1.82) is 0 Å². The molecular weight excluding hydrogens is 502 g/mol. The first-order valence-corrected chi connectivity index (χ1v) is 12.6. The van der Waals surface area contributed by atoms with E-state index in [0.717, 1.165) is 21.0 Å². The third-order valence-corrected chi connectivity index (χ3v) is 7.90. The summed E-state index contributed by atoms with van der Waals surface area (Å²) in [5.41, 5.74) is 3.35. The third-order valence-electron chi connectivity index (χ3n) is 5.72. The molecule has 8 heteroatoms. The van der Waals surface area contributed by atoms with E-state index >= 15 is 0 Å². The summed E-state index contributed by atoms with van der Waals surface area (Å²) in [5, 5.41) is 3.76. The molecule has 5 rings (SSSR count). The van der Waals surface area contributed by atoms with Crippen LogP contribution < -0.4 is 5.32 Å². The van der Waals surface area contributed by atoms with Crippen LogP contribution in [-0.4, -0.2) is 30.6 Å². The van der Waals surface area contributed by atoms with Gasteiger partial charge in [-0.2, -0.15) is 0 Å². The molecule has 1 amide bonds. The number of benzene rings is 3. The largest absolute Gasteiger partial charge is 0.342 e. The Morgan fingerprint density at radius 2 is 1.76 bits per heavy atom. The third kappa shape index (κ3) is 3.89. The van der Waals surface area contributed by atoms with Gasteiger partial charge in [0.25, 0.3) is 15.9 Å². The number of rotatable bonds is 4. The number of aliphatic imine (C=N–C) groups is 1. The molecule has 0 radical (unpaired) electrons. The molecule has 4 aromatic rings. The first kappa shape index (κ1) is 21.6. The first-order chi connectivity index (χ1) is 15.8. The summed E-state index contributed by atoms with van der Waals surface area (Å²) in [6.07, 6.45) is 1.60. The number of carbonyl (C=O) groups excluding carboxylic acids is 1. The molecule has 1 aromatic heterocycles. The second-order valence-electron chi connectivity index (χ2n) is 7.94. The van der Waals surface area contributed by atoms with E-state index in [9.17, 15) is 13.2 Å². The zero-order valence-corrected chi connectivity index (χ0v) is 20.1. The fourth-order valence-electron chi connectivity index (χ4n) is 4.02. The maximum Gasteiger partial charge on any atom is 0.270 e. The zero-order valence-electron chi connectivity index (χ0n) is 17.7. The molecule has 0 spiro atoms. The van der Waals surface area contributed by atoms with E-state index in [1.54, 1.807) is 36.5 Å². The van der Waals surface area contributed by atoms with Crippen LogP contribution in [0.15, 0.2) is 93.4 Å². The summed E-state index contributed by atoms with van der Waals surface area (Å²) in [6.45, 7) is 2.22. The van der Waals surface area contributed by atoms with Crippen molar-refractivity contribution in [2.75, 3.05) is 6.54 Å². The molecular formula is C25H20BrN3O3S. The van der Waals surface area contributed by atoms with Gasteiger partial charge in [0.15, 0.2) is 0 Å². The molecule has 1 aliphatic rings. The molecule has 0 saturated carbocycles.